The first-order chi connectivity index (χ1) is 11.3. The minimum atomic E-state index is 0.753. The summed E-state index contributed by atoms with van der Waals surface area (Å²) in [6.45, 7) is 0. The highest BCUT2D eigenvalue weighted by molar-refractivity contribution is 9.10. The SMILES string of the molecule is Brc1ccc(-c2nnc3sc(/C=C/c4ccccc4)nn23)cc1. The molecule has 4 rings (SSSR count). The van der Waals surface area contributed by atoms with Gasteiger partial charge in [0, 0.05) is 10.0 Å². The van der Waals surface area contributed by atoms with Crippen molar-refractivity contribution in [1.82, 2.24) is 19.8 Å². The van der Waals surface area contributed by atoms with Crippen molar-refractivity contribution in [1.29, 1.82) is 0 Å². The Kier molecular flexibility index (Phi) is 3.77. The van der Waals surface area contributed by atoms with E-state index in [0.29, 0.717) is 0 Å². The van der Waals surface area contributed by atoms with Crippen LogP contribution in [0.4, 0.5) is 0 Å². The van der Waals surface area contributed by atoms with Crippen LogP contribution in [0.25, 0.3) is 28.5 Å². The Morgan fingerprint density at radius 3 is 2.48 bits per heavy atom. The Morgan fingerprint density at radius 1 is 0.913 bits per heavy atom. The van der Waals surface area contributed by atoms with Gasteiger partial charge in [-0.15, -0.1) is 10.2 Å². The molecule has 0 aliphatic carbocycles. The molecule has 0 aliphatic rings. The highest BCUT2D eigenvalue weighted by Gasteiger charge is 2.12. The fraction of sp³-hybridized carbons (Fsp3) is 0. The van der Waals surface area contributed by atoms with Gasteiger partial charge < -0.3 is 0 Å². The first-order valence-corrected chi connectivity index (χ1v) is 8.62. The van der Waals surface area contributed by atoms with E-state index in [4.69, 9.17) is 0 Å². The predicted octanol–water partition coefficient (Wildman–Crippen LogP) is 4.79. The van der Waals surface area contributed by atoms with Gasteiger partial charge in [-0.05, 0) is 23.8 Å². The second-order valence-corrected chi connectivity index (χ2v) is 6.81. The maximum atomic E-state index is 4.60. The first-order valence-electron chi connectivity index (χ1n) is 7.01. The molecule has 112 valence electrons. The molecule has 0 saturated carbocycles. The lowest BCUT2D eigenvalue weighted by atomic mass is 10.2. The molecule has 0 bridgehead atoms. The summed E-state index contributed by atoms with van der Waals surface area (Å²) in [7, 11) is 0. The second kappa shape index (κ2) is 6.06. The summed E-state index contributed by atoms with van der Waals surface area (Å²) in [6.07, 6.45) is 4.05. The van der Waals surface area contributed by atoms with Crippen LogP contribution in [-0.2, 0) is 0 Å². The average Bonchev–Trinajstić information content (AvgIpc) is 3.15. The quantitative estimate of drug-likeness (QED) is 0.511. The molecule has 2 aromatic heterocycles. The lowest BCUT2D eigenvalue weighted by molar-refractivity contribution is 0.960. The van der Waals surface area contributed by atoms with E-state index in [0.717, 1.165) is 31.4 Å². The third-order valence-electron chi connectivity index (χ3n) is 3.33. The van der Waals surface area contributed by atoms with Crippen molar-refractivity contribution < 1.29 is 0 Å². The summed E-state index contributed by atoms with van der Waals surface area (Å²) >= 11 is 4.96. The molecule has 0 fully saturated rings. The second-order valence-electron chi connectivity index (χ2n) is 4.91. The van der Waals surface area contributed by atoms with E-state index in [-0.39, 0.29) is 0 Å². The molecule has 0 amide bonds. The maximum absolute atomic E-state index is 4.60. The van der Waals surface area contributed by atoms with Crippen LogP contribution in [0.2, 0.25) is 0 Å². The molecular weight excluding hydrogens is 372 g/mol. The predicted molar refractivity (Wildman–Crippen MR) is 97.2 cm³/mol. The number of rotatable bonds is 3. The Bertz CT molecular complexity index is 971. The normalized spacial score (nSPS) is 11.5. The molecule has 0 atom stereocenters. The molecule has 0 N–H and O–H groups in total. The molecule has 2 aromatic carbocycles. The van der Waals surface area contributed by atoms with Gasteiger partial charge in [0.05, 0.1) is 0 Å². The van der Waals surface area contributed by atoms with Gasteiger partial charge in [0.2, 0.25) is 4.96 Å². The van der Waals surface area contributed by atoms with Gasteiger partial charge in [-0.1, -0.05) is 75.8 Å². The fourth-order valence-electron chi connectivity index (χ4n) is 2.21. The molecule has 0 unspecified atom stereocenters. The third-order valence-corrected chi connectivity index (χ3v) is 4.72. The van der Waals surface area contributed by atoms with Gasteiger partial charge >= 0.3 is 0 Å². The van der Waals surface area contributed by atoms with Gasteiger partial charge in [-0.2, -0.15) is 9.61 Å². The van der Waals surface area contributed by atoms with Crippen LogP contribution in [0.5, 0.6) is 0 Å². The number of halogens is 1. The number of hydrogen-bond acceptors (Lipinski definition) is 4. The van der Waals surface area contributed by atoms with Gasteiger partial charge in [0.15, 0.2) is 5.82 Å². The molecule has 0 aliphatic heterocycles. The molecular formula is C17H11BrN4S. The van der Waals surface area contributed by atoms with Crippen LogP contribution in [0.3, 0.4) is 0 Å². The van der Waals surface area contributed by atoms with Crippen molar-refractivity contribution in [2.45, 2.75) is 0 Å². The monoisotopic (exact) mass is 382 g/mol. The van der Waals surface area contributed by atoms with E-state index in [9.17, 15) is 0 Å². The largest absolute Gasteiger partial charge is 0.235 e. The van der Waals surface area contributed by atoms with Crippen molar-refractivity contribution >= 4 is 44.4 Å². The summed E-state index contributed by atoms with van der Waals surface area (Å²) in [5, 5.41) is 14.0. The topological polar surface area (TPSA) is 43.1 Å². The number of benzene rings is 2. The molecule has 2 heterocycles. The summed E-state index contributed by atoms with van der Waals surface area (Å²) in [4.78, 5) is 0.788. The van der Waals surface area contributed by atoms with E-state index >= 15 is 0 Å². The third kappa shape index (κ3) is 2.95. The molecule has 0 radical (unpaired) electrons. The van der Waals surface area contributed by atoms with E-state index in [2.05, 4.69) is 43.4 Å². The van der Waals surface area contributed by atoms with Gasteiger partial charge in [0.25, 0.3) is 0 Å². The Balaban J connectivity index is 1.69. The van der Waals surface area contributed by atoms with Crippen molar-refractivity contribution in [3.63, 3.8) is 0 Å². The first kappa shape index (κ1) is 14.3. The molecule has 0 spiro atoms. The summed E-state index contributed by atoms with van der Waals surface area (Å²) in [5.41, 5.74) is 2.14. The van der Waals surface area contributed by atoms with Gasteiger partial charge in [-0.3, -0.25) is 0 Å². The van der Waals surface area contributed by atoms with Crippen molar-refractivity contribution in [3.8, 4) is 11.4 Å². The summed E-state index contributed by atoms with van der Waals surface area (Å²) < 4.78 is 2.82. The lowest BCUT2D eigenvalue weighted by Crippen LogP contribution is -1.90. The zero-order valence-corrected chi connectivity index (χ0v) is 14.3. The molecule has 23 heavy (non-hydrogen) atoms. The van der Waals surface area contributed by atoms with Gasteiger partial charge in [-0.25, -0.2) is 0 Å². The Labute approximate surface area is 145 Å². The van der Waals surface area contributed by atoms with Crippen molar-refractivity contribution in [3.05, 3.63) is 69.6 Å². The molecule has 4 aromatic rings. The smallest absolute Gasteiger partial charge is 0.182 e. The summed E-state index contributed by atoms with van der Waals surface area (Å²) in [6, 6.07) is 18.1. The zero-order valence-electron chi connectivity index (χ0n) is 11.9. The van der Waals surface area contributed by atoms with Crippen LogP contribution in [-0.4, -0.2) is 19.8 Å². The fourth-order valence-corrected chi connectivity index (χ4v) is 3.22. The minimum absolute atomic E-state index is 0.753. The van der Waals surface area contributed by atoms with Gasteiger partial charge in [0.1, 0.15) is 5.01 Å². The van der Waals surface area contributed by atoms with Crippen LogP contribution < -0.4 is 0 Å². The van der Waals surface area contributed by atoms with E-state index in [1.165, 1.54) is 11.3 Å². The maximum Gasteiger partial charge on any atom is 0.235 e. The number of aromatic nitrogens is 4. The van der Waals surface area contributed by atoms with E-state index < -0.39 is 0 Å². The van der Waals surface area contributed by atoms with Crippen LogP contribution >= 0.6 is 27.3 Å². The molecule has 4 nitrogen and oxygen atoms in total. The van der Waals surface area contributed by atoms with Crippen LogP contribution in [0, 0.1) is 0 Å². The lowest BCUT2D eigenvalue weighted by Gasteiger charge is -1.96. The number of hydrogen-bond donors (Lipinski definition) is 0. The average molecular weight is 383 g/mol. The number of nitrogens with zero attached hydrogens (tertiary/aromatic N) is 4. The van der Waals surface area contributed by atoms with Crippen LogP contribution in [0.1, 0.15) is 10.6 Å². The molecule has 0 saturated heterocycles. The standard InChI is InChI=1S/C17H11BrN4S/c18-14-9-7-13(8-10-14)16-19-20-17-22(16)21-15(23-17)11-6-12-4-2-1-3-5-12/h1-11H/b11-6+. The Hall–Kier alpha value is -2.31. The van der Waals surface area contributed by atoms with E-state index in [1.54, 1.807) is 4.52 Å². The highest BCUT2D eigenvalue weighted by atomic mass is 79.9. The number of fused-ring (bicyclic) bond motifs is 1. The van der Waals surface area contributed by atoms with Crippen molar-refractivity contribution in [2.24, 2.45) is 0 Å². The summed E-state index contributed by atoms with van der Waals surface area (Å²) in [5.74, 6) is 0.753. The Morgan fingerprint density at radius 2 is 1.70 bits per heavy atom. The van der Waals surface area contributed by atoms with Crippen LogP contribution in [0.15, 0.2) is 59.1 Å². The highest BCUT2D eigenvalue weighted by Crippen LogP contribution is 2.24. The van der Waals surface area contributed by atoms with Crippen molar-refractivity contribution in [2.75, 3.05) is 0 Å². The molecule has 6 heteroatoms. The minimum Gasteiger partial charge on any atom is -0.182 e. The van der Waals surface area contributed by atoms with E-state index in [1.807, 2.05) is 54.6 Å². The zero-order chi connectivity index (χ0) is 15.6.